The zero-order valence-electron chi connectivity index (χ0n) is 14.0. The van der Waals surface area contributed by atoms with Crippen molar-refractivity contribution >= 4 is 5.91 Å². The molecule has 2 aromatic carbocycles. The van der Waals surface area contributed by atoms with Gasteiger partial charge >= 0.3 is 0 Å². The van der Waals surface area contributed by atoms with E-state index < -0.39 is 0 Å². The third-order valence-electron chi connectivity index (χ3n) is 4.46. The quantitative estimate of drug-likeness (QED) is 0.867. The number of fused-ring (bicyclic) bond motifs is 1. The Bertz CT molecular complexity index is 758. The molecule has 1 atom stereocenters. The Hall–Kier alpha value is -2.56. The van der Waals surface area contributed by atoms with Gasteiger partial charge in [0, 0.05) is 13.5 Å². The van der Waals surface area contributed by atoms with Crippen LogP contribution in [0.2, 0.25) is 0 Å². The molecule has 1 aliphatic heterocycles. The highest BCUT2D eigenvalue weighted by atomic mass is 19.1. The lowest BCUT2D eigenvalue weighted by Gasteiger charge is -2.37. The molecule has 5 heteroatoms. The van der Waals surface area contributed by atoms with Gasteiger partial charge in [0.05, 0.1) is 20.3 Å². The van der Waals surface area contributed by atoms with Gasteiger partial charge in [-0.05, 0) is 47.4 Å². The van der Waals surface area contributed by atoms with Crippen LogP contribution >= 0.6 is 0 Å². The van der Waals surface area contributed by atoms with Crippen molar-refractivity contribution in [1.29, 1.82) is 0 Å². The van der Waals surface area contributed by atoms with Crippen molar-refractivity contribution in [3.05, 3.63) is 58.9 Å². The highest BCUT2D eigenvalue weighted by molar-refractivity contribution is 5.75. The first-order chi connectivity index (χ1) is 11.5. The van der Waals surface area contributed by atoms with E-state index in [1.807, 2.05) is 17.0 Å². The summed E-state index contributed by atoms with van der Waals surface area (Å²) in [5, 5.41) is 0. The Labute approximate surface area is 140 Å². The number of halogens is 1. The third-order valence-corrected chi connectivity index (χ3v) is 4.46. The molecule has 24 heavy (non-hydrogen) atoms. The molecule has 0 aromatic heterocycles. The third kappa shape index (κ3) is 2.82. The molecule has 1 amide bonds. The molecule has 0 fully saturated rings. The summed E-state index contributed by atoms with van der Waals surface area (Å²) in [5.41, 5.74) is 2.97. The molecule has 4 nitrogen and oxygen atoms in total. The van der Waals surface area contributed by atoms with Crippen LogP contribution < -0.4 is 9.47 Å². The maximum Gasteiger partial charge on any atom is 0.220 e. The van der Waals surface area contributed by atoms with E-state index in [-0.39, 0.29) is 17.8 Å². The molecular weight excluding hydrogens is 309 g/mol. The maximum absolute atomic E-state index is 13.3. The zero-order valence-corrected chi connectivity index (χ0v) is 14.0. The predicted molar refractivity (Wildman–Crippen MR) is 88.9 cm³/mol. The number of carbonyl (C=O) groups is 1. The smallest absolute Gasteiger partial charge is 0.220 e. The Balaban J connectivity index is 2.16. The monoisotopic (exact) mass is 329 g/mol. The van der Waals surface area contributed by atoms with Gasteiger partial charge in [0.1, 0.15) is 5.82 Å². The summed E-state index contributed by atoms with van der Waals surface area (Å²) < 4.78 is 24.1. The lowest BCUT2D eigenvalue weighted by Crippen LogP contribution is -2.39. The van der Waals surface area contributed by atoms with Gasteiger partial charge in [-0.15, -0.1) is 0 Å². The van der Waals surface area contributed by atoms with Gasteiger partial charge < -0.3 is 14.4 Å². The van der Waals surface area contributed by atoms with E-state index in [9.17, 15) is 9.18 Å². The number of benzene rings is 2. The molecule has 0 spiro atoms. The van der Waals surface area contributed by atoms with Crippen LogP contribution in [-0.2, 0) is 11.2 Å². The second kappa shape index (κ2) is 6.51. The minimum Gasteiger partial charge on any atom is -0.493 e. The molecule has 0 bridgehead atoms. The summed E-state index contributed by atoms with van der Waals surface area (Å²) in [6.07, 6.45) is 0.743. The maximum atomic E-state index is 13.3. The van der Waals surface area contributed by atoms with Crippen molar-refractivity contribution in [3.63, 3.8) is 0 Å². The summed E-state index contributed by atoms with van der Waals surface area (Å²) in [7, 11) is 3.19. The van der Waals surface area contributed by atoms with Crippen LogP contribution in [0.3, 0.4) is 0 Å². The van der Waals surface area contributed by atoms with Crippen LogP contribution in [0.25, 0.3) is 0 Å². The van der Waals surface area contributed by atoms with Crippen LogP contribution in [0.1, 0.15) is 29.7 Å². The van der Waals surface area contributed by atoms with Crippen molar-refractivity contribution in [2.45, 2.75) is 19.4 Å². The minimum absolute atomic E-state index is 0.00948. The van der Waals surface area contributed by atoms with E-state index in [4.69, 9.17) is 9.47 Å². The molecule has 0 radical (unpaired) electrons. The first-order valence-corrected chi connectivity index (χ1v) is 7.82. The highest BCUT2D eigenvalue weighted by Gasteiger charge is 2.31. The summed E-state index contributed by atoms with van der Waals surface area (Å²) in [5.74, 6) is 0.986. The van der Waals surface area contributed by atoms with Crippen LogP contribution in [-0.4, -0.2) is 31.6 Å². The van der Waals surface area contributed by atoms with Crippen molar-refractivity contribution in [2.24, 2.45) is 0 Å². The largest absolute Gasteiger partial charge is 0.493 e. The van der Waals surface area contributed by atoms with Crippen LogP contribution in [0, 0.1) is 5.82 Å². The first-order valence-electron chi connectivity index (χ1n) is 7.82. The summed E-state index contributed by atoms with van der Waals surface area (Å²) in [6, 6.07) is 9.90. The van der Waals surface area contributed by atoms with Gasteiger partial charge in [0.15, 0.2) is 11.5 Å². The Morgan fingerprint density at radius 1 is 1.12 bits per heavy atom. The fourth-order valence-electron chi connectivity index (χ4n) is 3.29. The number of carbonyl (C=O) groups excluding carboxylic acids is 1. The van der Waals surface area contributed by atoms with E-state index in [1.54, 1.807) is 33.3 Å². The molecule has 0 saturated carbocycles. The van der Waals surface area contributed by atoms with E-state index in [2.05, 4.69) is 0 Å². The van der Waals surface area contributed by atoms with Gasteiger partial charge in [-0.3, -0.25) is 4.79 Å². The van der Waals surface area contributed by atoms with Crippen LogP contribution in [0.4, 0.5) is 4.39 Å². The molecule has 0 aliphatic carbocycles. The lowest BCUT2D eigenvalue weighted by atomic mass is 9.87. The Kier molecular flexibility index (Phi) is 4.42. The average Bonchev–Trinajstić information content (AvgIpc) is 2.60. The molecule has 0 N–H and O–H groups in total. The van der Waals surface area contributed by atoms with Gasteiger partial charge in [-0.1, -0.05) is 12.1 Å². The number of nitrogens with zero attached hydrogens (tertiary/aromatic N) is 1. The van der Waals surface area contributed by atoms with E-state index in [0.29, 0.717) is 18.0 Å². The van der Waals surface area contributed by atoms with Gasteiger partial charge in [-0.25, -0.2) is 4.39 Å². The summed E-state index contributed by atoms with van der Waals surface area (Å²) in [4.78, 5) is 13.9. The fraction of sp³-hybridized carbons (Fsp3) is 0.316. The second-order valence-electron chi connectivity index (χ2n) is 5.82. The standard InChI is InChI=1S/C19H20FNO3/c1-12(22)21-9-8-14-10-17(23-2)18(24-3)11-16(14)19(21)13-4-6-15(20)7-5-13/h4-7,10-11,19H,8-9H2,1-3H3. The van der Waals surface area contributed by atoms with E-state index >= 15 is 0 Å². The molecule has 1 heterocycles. The van der Waals surface area contributed by atoms with Gasteiger partial charge in [0.25, 0.3) is 0 Å². The number of rotatable bonds is 3. The molecular formula is C19H20FNO3. The normalized spacial score (nSPS) is 16.5. The summed E-state index contributed by atoms with van der Waals surface area (Å²) in [6.45, 7) is 2.17. The SMILES string of the molecule is COc1cc2c(cc1OC)C(c1ccc(F)cc1)N(C(C)=O)CC2. The van der Waals surface area contributed by atoms with Gasteiger partial charge in [-0.2, -0.15) is 0 Å². The van der Waals surface area contributed by atoms with Gasteiger partial charge in [0.2, 0.25) is 5.91 Å². The fourth-order valence-corrected chi connectivity index (χ4v) is 3.29. The van der Waals surface area contributed by atoms with Crippen molar-refractivity contribution in [2.75, 3.05) is 20.8 Å². The number of hydrogen-bond donors (Lipinski definition) is 0. The lowest BCUT2D eigenvalue weighted by molar-refractivity contribution is -0.130. The second-order valence-corrected chi connectivity index (χ2v) is 5.82. The zero-order chi connectivity index (χ0) is 17.3. The first kappa shape index (κ1) is 16.3. The molecule has 0 saturated heterocycles. The molecule has 1 unspecified atom stereocenters. The number of methoxy groups -OCH3 is 2. The topological polar surface area (TPSA) is 38.8 Å². The summed E-state index contributed by atoms with van der Waals surface area (Å²) >= 11 is 0. The average molecular weight is 329 g/mol. The van der Waals surface area contributed by atoms with Crippen molar-refractivity contribution < 1.29 is 18.7 Å². The Morgan fingerprint density at radius 2 is 1.75 bits per heavy atom. The van der Waals surface area contributed by atoms with Crippen LogP contribution in [0.15, 0.2) is 36.4 Å². The van der Waals surface area contributed by atoms with Crippen molar-refractivity contribution in [3.8, 4) is 11.5 Å². The van der Waals surface area contributed by atoms with Crippen molar-refractivity contribution in [1.82, 2.24) is 4.90 Å². The predicted octanol–water partition coefficient (Wildman–Crippen LogP) is 3.34. The van der Waals surface area contributed by atoms with Crippen LogP contribution in [0.5, 0.6) is 11.5 Å². The number of amides is 1. The number of ether oxygens (including phenoxy) is 2. The highest BCUT2D eigenvalue weighted by Crippen LogP contribution is 2.40. The van der Waals surface area contributed by atoms with E-state index in [0.717, 1.165) is 23.1 Å². The molecule has 1 aliphatic rings. The Morgan fingerprint density at radius 3 is 2.33 bits per heavy atom. The molecule has 2 aromatic rings. The molecule has 126 valence electrons. The molecule has 3 rings (SSSR count). The minimum atomic E-state index is -0.295. The van der Waals surface area contributed by atoms with E-state index in [1.165, 1.54) is 12.1 Å². The number of hydrogen-bond acceptors (Lipinski definition) is 3.